The van der Waals surface area contributed by atoms with E-state index in [1.807, 2.05) is 24.3 Å². The maximum atomic E-state index is 12.3. The highest BCUT2D eigenvalue weighted by atomic mass is 32.2. The number of imidazole rings is 1. The minimum atomic E-state index is -3.56. The van der Waals surface area contributed by atoms with E-state index in [1.165, 1.54) is 0 Å². The number of nitrogens with zero attached hydrogens (tertiary/aromatic N) is 1. The summed E-state index contributed by atoms with van der Waals surface area (Å²) in [4.78, 5) is 7.78. The van der Waals surface area contributed by atoms with E-state index in [9.17, 15) is 8.42 Å². The number of hydrogen-bond donors (Lipinski definition) is 2. The third-order valence-corrected chi connectivity index (χ3v) is 4.76. The molecule has 0 fully saturated rings. The molecule has 0 aliphatic heterocycles. The molecule has 1 atom stereocenters. The Bertz CT molecular complexity index is 824. The van der Waals surface area contributed by atoms with E-state index in [-0.39, 0.29) is 4.90 Å². The van der Waals surface area contributed by atoms with Crippen molar-refractivity contribution in [2.24, 2.45) is 0 Å². The number of aromatic nitrogens is 2. The Morgan fingerprint density at radius 3 is 2.43 bits per heavy atom. The van der Waals surface area contributed by atoms with Gasteiger partial charge in [-0.25, -0.2) is 18.1 Å². The molecule has 3 aromatic rings. The van der Waals surface area contributed by atoms with Crippen LogP contribution in [0.5, 0.6) is 0 Å². The van der Waals surface area contributed by atoms with Gasteiger partial charge in [0, 0.05) is 0 Å². The van der Waals surface area contributed by atoms with Gasteiger partial charge >= 0.3 is 0 Å². The molecule has 21 heavy (non-hydrogen) atoms. The second-order valence-electron chi connectivity index (χ2n) is 4.80. The summed E-state index contributed by atoms with van der Waals surface area (Å²) < 4.78 is 27.2. The van der Waals surface area contributed by atoms with Crippen LogP contribution in [0.1, 0.15) is 18.8 Å². The summed E-state index contributed by atoms with van der Waals surface area (Å²) in [5.74, 6) is 0.593. The molecule has 0 saturated heterocycles. The summed E-state index contributed by atoms with van der Waals surface area (Å²) in [6, 6.07) is 15.4. The molecule has 108 valence electrons. The van der Waals surface area contributed by atoms with E-state index in [2.05, 4.69) is 14.7 Å². The molecule has 6 heteroatoms. The molecule has 0 bridgehead atoms. The quantitative estimate of drug-likeness (QED) is 0.778. The van der Waals surface area contributed by atoms with E-state index in [1.54, 1.807) is 37.3 Å². The highest BCUT2D eigenvalue weighted by Crippen LogP contribution is 2.18. The topological polar surface area (TPSA) is 74.8 Å². The fourth-order valence-corrected chi connectivity index (χ4v) is 3.36. The number of aromatic amines is 1. The van der Waals surface area contributed by atoms with E-state index < -0.39 is 16.1 Å². The van der Waals surface area contributed by atoms with Crippen molar-refractivity contribution < 1.29 is 8.42 Å². The van der Waals surface area contributed by atoms with Gasteiger partial charge in [-0.3, -0.25) is 0 Å². The molecule has 0 saturated carbocycles. The fraction of sp³-hybridized carbons (Fsp3) is 0.133. The lowest BCUT2D eigenvalue weighted by molar-refractivity contribution is 0.561. The van der Waals surface area contributed by atoms with E-state index in [0.717, 1.165) is 11.0 Å². The Morgan fingerprint density at radius 2 is 1.71 bits per heavy atom. The largest absolute Gasteiger partial charge is 0.341 e. The van der Waals surface area contributed by atoms with Crippen LogP contribution in [-0.2, 0) is 10.0 Å². The van der Waals surface area contributed by atoms with Gasteiger partial charge in [0.05, 0.1) is 22.0 Å². The summed E-state index contributed by atoms with van der Waals surface area (Å²) in [6.45, 7) is 1.76. The number of para-hydroxylation sites is 2. The van der Waals surface area contributed by atoms with Gasteiger partial charge in [-0.1, -0.05) is 30.3 Å². The van der Waals surface area contributed by atoms with Crippen LogP contribution in [0, 0.1) is 0 Å². The second-order valence-corrected chi connectivity index (χ2v) is 6.51. The van der Waals surface area contributed by atoms with Gasteiger partial charge in [0.15, 0.2) is 0 Å². The Balaban J connectivity index is 1.87. The van der Waals surface area contributed by atoms with Crippen molar-refractivity contribution in [2.75, 3.05) is 0 Å². The Morgan fingerprint density at radius 1 is 1.05 bits per heavy atom. The number of hydrogen-bond acceptors (Lipinski definition) is 3. The third kappa shape index (κ3) is 2.81. The molecule has 0 aliphatic rings. The molecule has 5 nitrogen and oxygen atoms in total. The smallest absolute Gasteiger partial charge is 0.241 e. The van der Waals surface area contributed by atoms with Crippen molar-refractivity contribution in [3.63, 3.8) is 0 Å². The minimum Gasteiger partial charge on any atom is -0.341 e. The zero-order valence-corrected chi connectivity index (χ0v) is 12.3. The first-order valence-corrected chi connectivity index (χ1v) is 8.06. The highest BCUT2D eigenvalue weighted by Gasteiger charge is 2.20. The number of fused-ring (bicyclic) bond motifs is 1. The summed E-state index contributed by atoms with van der Waals surface area (Å²) in [5.41, 5.74) is 1.71. The molecule has 2 aromatic carbocycles. The standard InChI is InChI=1S/C15H15N3O2S/c1-11(15-16-13-9-5-6-10-14(13)17-15)18-21(19,20)12-7-3-2-4-8-12/h2-11,18H,1H3,(H,16,17)/t11-/m1/s1. The van der Waals surface area contributed by atoms with Crippen molar-refractivity contribution in [3.8, 4) is 0 Å². The maximum absolute atomic E-state index is 12.3. The molecule has 3 rings (SSSR count). The average molecular weight is 301 g/mol. The van der Waals surface area contributed by atoms with E-state index in [0.29, 0.717) is 5.82 Å². The van der Waals surface area contributed by atoms with Gasteiger partial charge in [0.2, 0.25) is 10.0 Å². The van der Waals surface area contributed by atoms with Gasteiger partial charge in [0.25, 0.3) is 0 Å². The van der Waals surface area contributed by atoms with E-state index in [4.69, 9.17) is 0 Å². The summed E-state index contributed by atoms with van der Waals surface area (Å²) in [7, 11) is -3.56. The average Bonchev–Trinajstić information content (AvgIpc) is 2.92. The monoisotopic (exact) mass is 301 g/mol. The van der Waals surface area contributed by atoms with Crippen molar-refractivity contribution >= 4 is 21.1 Å². The second kappa shape index (κ2) is 5.31. The fourth-order valence-electron chi connectivity index (χ4n) is 2.13. The summed E-state index contributed by atoms with van der Waals surface area (Å²) in [6.07, 6.45) is 0. The van der Waals surface area contributed by atoms with Crippen molar-refractivity contribution in [2.45, 2.75) is 17.9 Å². The molecular formula is C15H15N3O2S. The van der Waals surface area contributed by atoms with Crippen LogP contribution in [-0.4, -0.2) is 18.4 Å². The van der Waals surface area contributed by atoms with Crippen molar-refractivity contribution in [3.05, 3.63) is 60.4 Å². The van der Waals surface area contributed by atoms with Gasteiger partial charge in [-0.05, 0) is 31.2 Å². The van der Waals surface area contributed by atoms with Crippen LogP contribution in [0.15, 0.2) is 59.5 Å². The van der Waals surface area contributed by atoms with Crippen molar-refractivity contribution in [1.82, 2.24) is 14.7 Å². The number of H-pyrrole nitrogens is 1. The first-order valence-electron chi connectivity index (χ1n) is 6.58. The maximum Gasteiger partial charge on any atom is 0.241 e. The predicted octanol–water partition coefficient (Wildman–Crippen LogP) is 2.60. The van der Waals surface area contributed by atoms with Gasteiger partial charge in [0.1, 0.15) is 5.82 Å². The van der Waals surface area contributed by atoms with E-state index >= 15 is 0 Å². The molecule has 0 unspecified atom stereocenters. The molecular weight excluding hydrogens is 286 g/mol. The number of benzene rings is 2. The van der Waals surface area contributed by atoms with Crippen LogP contribution >= 0.6 is 0 Å². The zero-order valence-electron chi connectivity index (χ0n) is 11.4. The van der Waals surface area contributed by atoms with Crippen molar-refractivity contribution in [1.29, 1.82) is 0 Å². The first-order chi connectivity index (χ1) is 10.1. The highest BCUT2D eigenvalue weighted by molar-refractivity contribution is 7.89. The number of nitrogens with one attached hydrogen (secondary N) is 2. The zero-order chi connectivity index (χ0) is 14.9. The molecule has 2 N–H and O–H groups in total. The number of rotatable bonds is 4. The Kier molecular flexibility index (Phi) is 3.48. The van der Waals surface area contributed by atoms with Crippen LogP contribution in [0.3, 0.4) is 0 Å². The summed E-state index contributed by atoms with van der Waals surface area (Å²) in [5, 5.41) is 0. The molecule has 1 aromatic heterocycles. The first kappa shape index (κ1) is 13.8. The van der Waals surface area contributed by atoms with Crippen LogP contribution in [0.4, 0.5) is 0 Å². The lowest BCUT2D eigenvalue weighted by Crippen LogP contribution is -2.27. The van der Waals surface area contributed by atoms with Gasteiger partial charge < -0.3 is 4.98 Å². The lowest BCUT2D eigenvalue weighted by Gasteiger charge is -2.11. The van der Waals surface area contributed by atoms with Gasteiger partial charge in [-0.15, -0.1) is 0 Å². The normalized spacial score (nSPS) is 13.4. The lowest BCUT2D eigenvalue weighted by atomic mass is 10.3. The summed E-state index contributed by atoms with van der Waals surface area (Å²) >= 11 is 0. The SMILES string of the molecule is C[C@@H](NS(=O)(=O)c1ccccc1)c1nc2ccccc2[nH]1. The van der Waals surface area contributed by atoms with Crippen LogP contribution in [0.25, 0.3) is 11.0 Å². The molecule has 0 spiro atoms. The van der Waals surface area contributed by atoms with Gasteiger partial charge in [-0.2, -0.15) is 0 Å². The molecule has 0 radical (unpaired) electrons. The third-order valence-electron chi connectivity index (χ3n) is 3.20. The molecule has 1 heterocycles. The predicted molar refractivity (Wildman–Crippen MR) is 81.3 cm³/mol. The Labute approximate surface area is 123 Å². The Hall–Kier alpha value is -2.18. The molecule has 0 aliphatic carbocycles. The number of sulfonamides is 1. The minimum absolute atomic E-state index is 0.243. The molecule has 0 amide bonds. The van der Waals surface area contributed by atoms with Crippen LogP contribution in [0.2, 0.25) is 0 Å². The van der Waals surface area contributed by atoms with Crippen LogP contribution < -0.4 is 4.72 Å².